The van der Waals surface area contributed by atoms with Gasteiger partial charge in [0.05, 0.1) is 37.3 Å². The lowest BCUT2D eigenvalue weighted by molar-refractivity contribution is -0.101. The maximum Gasteiger partial charge on any atom is 0.442 e. The maximum absolute atomic E-state index is 13.8. The number of hydrogen-bond donors (Lipinski definition) is 8. The average Bonchev–Trinajstić information content (AvgIpc) is 3.85. The van der Waals surface area contributed by atoms with Gasteiger partial charge < -0.3 is 62.6 Å². The van der Waals surface area contributed by atoms with Gasteiger partial charge >= 0.3 is 22.5 Å². The topological polar surface area (TPSA) is 345 Å². The van der Waals surface area contributed by atoms with Crippen molar-refractivity contribution in [2.24, 2.45) is 43.7 Å². The van der Waals surface area contributed by atoms with Crippen LogP contribution in [0.2, 0.25) is 0 Å². The number of amides is 4. The van der Waals surface area contributed by atoms with E-state index in [1.807, 2.05) is 0 Å². The highest BCUT2D eigenvalue weighted by Gasteiger charge is 2.66. The van der Waals surface area contributed by atoms with E-state index < -0.39 is 69.7 Å². The number of fused-ring (bicyclic) bond motifs is 6. The summed E-state index contributed by atoms with van der Waals surface area (Å²) >= 11 is 0. The fourth-order valence-electron chi connectivity index (χ4n) is 8.61. The summed E-state index contributed by atoms with van der Waals surface area (Å²) in [4.78, 5) is 38.4. The minimum absolute atomic E-state index is 0.0327. The predicted molar refractivity (Wildman–Crippen MR) is 195 cm³/mol. The molecule has 25 heteroatoms. The number of carbonyl (C=O) groups is 2. The number of rotatable bonds is 18. The van der Waals surface area contributed by atoms with Crippen molar-refractivity contribution in [1.29, 1.82) is 0 Å². The Morgan fingerprint density at radius 3 is 1.56 bits per heavy atom. The van der Waals surface area contributed by atoms with Gasteiger partial charge in [-0.2, -0.15) is 18.5 Å². The van der Waals surface area contributed by atoms with Crippen LogP contribution in [0.25, 0.3) is 0 Å². The quantitative estimate of drug-likeness (QED) is 0.0455. The predicted octanol–water partition coefficient (Wildman–Crippen LogP) is -2.07. The molecule has 57 heavy (non-hydrogen) atoms. The van der Waals surface area contributed by atoms with E-state index in [0.717, 1.165) is 35.8 Å². The van der Waals surface area contributed by atoms with Crippen LogP contribution in [-0.4, -0.2) is 137 Å². The van der Waals surface area contributed by atoms with E-state index in [0.29, 0.717) is 50.4 Å². The highest BCUT2D eigenvalue weighted by molar-refractivity contribution is 7.81. The molecule has 0 radical (unpaired) electrons. The van der Waals surface area contributed by atoms with Crippen molar-refractivity contribution in [3.8, 4) is 0 Å². The van der Waals surface area contributed by atoms with E-state index in [-0.39, 0.29) is 49.6 Å². The van der Waals surface area contributed by atoms with Crippen LogP contribution >= 0.6 is 0 Å². The van der Waals surface area contributed by atoms with Gasteiger partial charge in [-0.15, -0.1) is 8.57 Å². The first-order valence-corrected chi connectivity index (χ1v) is 20.2. The summed E-state index contributed by atoms with van der Waals surface area (Å²) in [6.45, 7) is 2.10. The van der Waals surface area contributed by atoms with Gasteiger partial charge in [0.2, 0.25) is 0 Å². The second-order valence-corrected chi connectivity index (χ2v) is 16.8. The van der Waals surface area contributed by atoms with E-state index in [2.05, 4.69) is 30.9 Å². The first kappa shape index (κ1) is 39.1. The lowest BCUT2D eigenvalue weighted by atomic mass is 9.84. The van der Waals surface area contributed by atoms with Gasteiger partial charge in [0.15, 0.2) is 23.4 Å². The molecule has 8 rings (SSSR count). The minimum Gasteiger partial charge on any atom is -0.384 e. The zero-order valence-corrected chi connectivity index (χ0v) is 31.8. The molecule has 4 bridgehead atoms. The van der Waals surface area contributed by atoms with Gasteiger partial charge in [0, 0.05) is 51.4 Å². The van der Waals surface area contributed by atoms with Gasteiger partial charge in [-0.25, -0.2) is 9.59 Å². The van der Waals surface area contributed by atoms with E-state index in [1.54, 1.807) is 12.1 Å². The zero-order valence-electron chi connectivity index (χ0n) is 31.0. The lowest BCUT2D eigenvalue weighted by Crippen LogP contribution is -2.45. The smallest absolute Gasteiger partial charge is 0.384 e. The van der Waals surface area contributed by atoms with Gasteiger partial charge in [0.1, 0.15) is 23.6 Å². The second kappa shape index (κ2) is 14.9. The number of aliphatic imine (C=N–C) groups is 2. The third-order valence-corrected chi connectivity index (χ3v) is 12.6. The van der Waals surface area contributed by atoms with Gasteiger partial charge in [-0.1, -0.05) is 10.3 Å². The van der Waals surface area contributed by atoms with Gasteiger partial charge in [-0.3, -0.25) is 9.98 Å². The number of aliphatic hydroxyl groups excluding tert-OH is 2. The fraction of sp³-hybridized carbons (Fsp3) is 0.688. The van der Waals surface area contributed by atoms with Crippen molar-refractivity contribution < 1.29 is 45.8 Å². The molecular formula is C32H48N14O10S. The monoisotopic (exact) mass is 820 g/mol. The Bertz CT molecular complexity index is 1880. The number of hydrogen-bond acceptors (Lipinski definition) is 16. The number of piperidine rings is 2. The molecule has 4 aliphatic heterocycles. The highest BCUT2D eigenvalue weighted by Crippen LogP contribution is 2.63. The Morgan fingerprint density at radius 1 is 0.789 bits per heavy atom. The van der Waals surface area contributed by atoms with Crippen molar-refractivity contribution in [2.75, 3.05) is 52.4 Å². The van der Waals surface area contributed by atoms with Crippen LogP contribution in [0, 0.1) is 10.8 Å². The Labute approximate surface area is 326 Å². The van der Waals surface area contributed by atoms with Crippen molar-refractivity contribution >= 4 is 34.4 Å². The standard InChI is InChI=1S/C32H48N14O10S/c33-27(34)39-7-5-37-13-21(47)23-9-17(41-53-23)19-11-31(1-2-31)25-15-43(19)29(49)45(25)55-57(51,52)56-46-26-16-44(30(46)50)20(12-32(26)3-4-32)18-10-24(54-42-18)22(48)14-38-6-8-40-28(35)36/h9-10,19-22,25-26,37-38,47-48H,1-8,11-16H2,(H4,33,34,39)(H4,35,36,40)/t19-,20-,21?,22?,25-,26-/m0/s1. The molecule has 2 aromatic rings. The third kappa shape index (κ3) is 7.66. The molecule has 6 heterocycles. The van der Waals surface area contributed by atoms with Crippen molar-refractivity contribution in [3.05, 3.63) is 35.0 Å². The molecule has 0 aromatic carbocycles. The third-order valence-electron chi connectivity index (χ3n) is 11.9. The number of hydroxylamine groups is 4. The summed E-state index contributed by atoms with van der Waals surface area (Å²) in [7, 11) is -4.99. The van der Waals surface area contributed by atoms with E-state index in [4.69, 9.17) is 40.5 Å². The average molecular weight is 821 g/mol. The molecule has 2 aromatic heterocycles. The first-order chi connectivity index (χ1) is 27.2. The summed E-state index contributed by atoms with van der Waals surface area (Å²) in [6, 6.07) is -0.518. The summed E-state index contributed by atoms with van der Waals surface area (Å²) in [5, 5.41) is 37.4. The van der Waals surface area contributed by atoms with Gasteiger partial charge in [0.25, 0.3) is 0 Å². The molecule has 4 saturated heterocycles. The van der Waals surface area contributed by atoms with Crippen LogP contribution in [0.3, 0.4) is 0 Å². The summed E-state index contributed by atoms with van der Waals surface area (Å²) in [5.41, 5.74) is 21.3. The number of guanidine groups is 2. The fourth-order valence-corrected chi connectivity index (χ4v) is 9.37. The Kier molecular flexibility index (Phi) is 10.2. The molecule has 2 unspecified atom stereocenters. The largest absolute Gasteiger partial charge is 0.442 e. The van der Waals surface area contributed by atoms with Crippen LogP contribution in [0.5, 0.6) is 0 Å². The molecule has 2 saturated carbocycles. The molecule has 4 amide bonds. The number of nitrogens with zero attached hydrogens (tertiary/aromatic N) is 8. The zero-order chi connectivity index (χ0) is 40.3. The van der Waals surface area contributed by atoms with Crippen molar-refractivity contribution in [1.82, 2.24) is 40.9 Å². The summed E-state index contributed by atoms with van der Waals surface area (Å²) in [5.74, 6) is 0.324. The molecule has 6 atom stereocenters. The number of nitrogens with one attached hydrogen (secondary N) is 2. The number of urea groups is 2. The van der Waals surface area contributed by atoms with Crippen LogP contribution in [0.4, 0.5) is 9.59 Å². The van der Waals surface area contributed by atoms with E-state index in [1.165, 1.54) is 9.80 Å². The van der Waals surface area contributed by atoms with Crippen LogP contribution < -0.4 is 33.6 Å². The molecule has 312 valence electrons. The number of carbonyl (C=O) groups excluding carboxylic acids is 2. The highest BCUT2D eigenvalue weighted by atomic mass is 32.3. The molecule has 12 N–H and O–H groups in total. The van der Waals surface area contributed by atoms with Gasteiger partial charge in [-0.05, 0) is 49.4 Å². The van der Waals surface area contributed by atoms with E-state index >= 15 is 0 Å². The Hall–Kier alpha value is -4.79. The van der Waals surface area contributed by atoms with Crippen LogP contribution in [0.15, 0.2) is 31.2 Å². The van der Waals surface area contributed by atoms with Crippen molar-refractivity contribution in [3.63, 3.8) is 0 Å². The molecule has 24 nitrogen and oxygen atoms in total. The molecular weight excluding hydrogens is 773 g/mol. The number of aliphatic hydroxyl groups is 2. The Morgan fingerprint density at radius 2 is 1.19 bits per heavy atom. The SMILES string of the molecule is NC(N)=NCCNCC(O)c1cc([C@@H]2CC3(CC3)[C@@H]3CN2C(=O)N3OS(=O)(=O)ON2C(=O)N3C[C@H]2C2(CC2)C[C@H]3c2cc(C(O)CNCCN=C(N)N)on2)no1. The number of nitrogens with two attached hydrogens (primary N) is 4. The molecule has 6 fully saturated rings. The molecule has 2 aliphatic carbocycles. The molecule has 2 spiro atoms. The van der Waals surface area contributed by atoms with E-state index in [9.17, 15) is 28.2 Å². The minimum atomic E-state index is -4.99. The maximum atomic E-state index is 13.8. The van der Waals surface area contributed by atoms with Crippen molar-refractivity contribution in [2.45, 2.75) is 74.9 Å². The lowest BCUT2D eigenvalue weighted by Gasteiger charge is -2.36. The summed E-state index contributed by atoms with van der Waals surface area (Å²) in [6.07, 6.45) is 1.79. The van der Waals surface area contributed by atoms with Crippen LogP contribution in [0.1, 0.15) is 85.7 Å². The Balaban J connectivity index is 0.904. The second-order valence-electron chi connectivity index (χ2n) is 15.6. The normalized spacial score (nSPS) is 26.4. The van der Waals surface area contributed by atoms with Crippen LogP contribution in [-0.2, 0) is 19.0 Å². The first-order valence-electron chi connectivity index (χ1n) is 18.8. The number of aromatic nitrogens is 2. The summed E-state index contributed by atoms with van der Waals surface area (Å²) < 4.78 is 49.0. The molecule has 6 aliphatic rings.